The standard InChI is InChI=1S/C7H13NO2.C2H6/c1-8-7(6(9)10)4-2-3-5-7;1-2/h8H,2-5H2,1H3,(H,9,10);1-2H3. The van der Waals surface area contributed by atoms with Crippen molar-refractivity contribution in [1.82, 2.24) is 5.32 Å². The molecular formula is C9H19NO2. The minimum Gasteiger partial charge on any atom is -0.480 e. The molecule has 0 radical (unpaired) electrons. The van der Waals surface area contributed by atoms with E-state index >= 15 is 0 Å². The van der Waals surface area contributed by atoms with Crippen molar-refractivity contribution < 1.29 is 9.90 Å². The fourth-order valence-corrected chi connectivity index (χ4v) is 1.55. The Morgan fingerprint density at radius 2 is 1.75 bits per heavy atom. The number of carbonyl (C=O) groups is 1. The Kier molecular flexibility index (Phi) is 4.90. The second-order valence-corrected chi connectivity index (χ2v) is 2.84. The number of hydrogen-bond donors (Lipinski definition) is 2. The summed E-state index contributed by atoms with van der Waals surface area (Å²) in [7, 11) is 1.72. The predicted octanol–water partition coefficient (Wildman–Crippen LogP) is 1.63. The van der Waals surface area contributed by atoms with Gasteiger partial charge in [0.1, 0.15) is 5.54 Å². The molecule has 3 nitrogen and oxygen atoms in total. The van der Waals surface area contributed by atoms with Crippen LogP contribution in [-0.2, 0) is 4.79 Å². The molecular weight excluding hydrogens is 154 g/mol. The summed E-state index contributed by atoms with van der Waals surface area (Å²) in [5.74, 6) is -0.701. The maximum atomic E-state index is 10.7. The lowest BCUT2D eigenvalue weighted by molar-refractivity contribution is -0.144. The van der Waals surface area contributed by atoms with Crippen LogP contribution >= 0.6 is 0 Å². The van der Waals surface area contributed by atoms with Crippen molar-refractivity contribution >= 4 is 5.97 Å². The van der Waals surface area contributed by atoms with Gasteiger partial charge in [-0.1, -0.05) is 26.7 Å². The van der Waals surface area contributed by atoms with Crippen molar-refractivity contribution in [3.05, 3.63) is 0 Å². The fraction of sp³-hybridized carbons (Fsp3) is 0.889. The number of likely N-dealkylation sites (N-methyl/N-ethyl adjacent to an activating group) is 1. The Bertz CT molecular complexity index is 139. The van der Waals surface area contributed by atoms with Gasteiger partial charge < -0.3 is 10.4 Å². The second kappa shape index (κ2) is 5.14. The number of carboxylic acid groups (broad SMARTS) is 1. The second-order valence-electron chi connectivity index (χ2n) is 2.84. The Morgan fingerprint density at radius 3 is 1.92 bits per heavy atom. The first kappa shape index (κ1) is 11.4. The molecule has 1 fully saturated rings. The number of rotatable bonds is 2. The van der Waals surface area contributed by atoms with Gasteiger partial charge in [-0.2, -0.15) is 0 Å². The molecule has 0 aromatic heterocycles. The minimum atomic E-state index is -0.701. The summed E-state index contributed by atoms with van der Waals surface area (Å²) in [5, 5.41) is 11.7. The van der Waals surface area contributed by atoms with Crippen molar-refractivity contribution in [1.29, 1.82) is 0 Å². The Balaban J connectivity index is 0.000000561. The van der Waals surface area contributed by atoms with E-state index < -0.39 is 11.5 Å². The molecule has 0 unspecified atom stereocenters. The van der Waals surface area contributed by atoms with Crippen LogP contribution in [0, 0.1) is 0 Å². The third-order valence-electron chi connectivity index (χ3n) is 2.35. The van der Waals surface area contributed by atoms with E-state index in [9.17, 15) is 4.79 Å². The Morgan fingerprint density at radius 1 is 1.33 bits per heavy atom. The van der Waals surface area contributed by atoms with Gasteiger partial charge in [-0.05, 0) is 19.9 Å². The first-order chi connectivity index (χ1) is 5.71. The van der Waals surface area contributed by atoms with E-state index in [1.807, 2.05) is 13.8 Å². The van der Waals surface area contributed by atoms with Crippen LogP contribution in [0.25, 0.3) is 0 Å². The summed E-state index contributed by atoms with van der Waals surface area (Å²) in [4.78, 5) is 10.7. The highest BCUT2D eigenvalue weighted by Crippen LogP contribution is 2.29. The van der Waals surface area contributed by atoms with Crippen LogP contribution in [-0.4, -0.2) is 23.7 Å². The maximum Gasteiger partial charge on any atom is 0.323 e. The molecule has 72 valence electrons. The van der Waals surface area contributed by atoms with E-state index in [1.54, 1.807) is 7.05 Å². The molecule has 0 aromatic carbocycles. The van der Waals surface area contributed by atoms with Crippen LogP contribution in [0.1, 0.15) is 39.5 Å². The summed E-state index contributed by atoms with van der Waals surface area (Å²) < 4.78 is 0. The summed E-state index contributed by atoms with van der Waals surface area (Å²) in [6.07, 6.45) is 3.62. The number of nitrogens with one attached hydrogen (secondary N) is 1. The molecule has 0 atom stereocenters. The molecule has 3 heteroatoms. The highest BCUT2D eigenvalue weighted by atomic mass is 16.4. The largest absolute Gasteiger partial charge is 0.480 e. The Labute approximate surface area is 74.2 Å². The van der Waals surface area contributed by atoms with Crippen molar-refractivity contribution in [3.8, 4) is 0 Å². The SMILES string of the molecule is CC.CNC1(C(=O)O)CCCC1. The summed E-state index contributed by atoms with van der Waals surface area (Å²) in [6, 6.07) is 0. The van der Waals surface area contributed by atoms with Crippen molar-refractivity contribution in [3.63, 3.8) is 0 Å². The van der Waals surface area contributed by atoms with Crippen LogP contribution in [0.4, 0.5) is 0 Å². The van der Waals surface area contributed by atoms with Gasteiger partial charge in [0, 0.05) is 0 Å². The van der Waals surface area contributed by atoms with E-state index in [1.165, 1.54) is 0 Å². The zero-order valence-electron chi connectivity index (χ0n) is 8.18. The maximum absolute atomic E-state index is 10.7. The zero-order chi connectivity index (χ0) is 9.61. The first-order valence-corrected chi connectivity index (χ1v) is 4.63. The summed E-state index contributed by atoms with van der Waals surface area (Å²) in [6.45, 7) is 4.00. The van der Waals surface area contributed by atoms with Gasteiger partial charge in [0.15, 0.2) is 0 Å². The van der Waals surface area contributed by atoms with Crippen molar-refractivity contribution in [2.75, 3.05) is 7.05 Å². The molecule has 0 heterocycles. The van der Waals surface area contributed by atoms with Crippen molar-refractivity contribution in [2.24, 2.45) is 0 Å². The molecule has 0 amide bonds. The minimum absolute atomic E-state index is 0.597. The van der Waals surface area contributed by atoms with Crippen LogP contribution in [0.2, 0.25) is 0 Å². The molecule has 1 aliphatic carbocycles. The molecule has 1 saturated carbocycles. The van der Waals surface area contributed by atoms with E-state index in [0.29, 0.717) is 0 Å². The van der Waals surface area contributed by atoms with Crippen LogP contribution in [0.5, 0.6) is 0 Å². The summed E-state index contributed by atoms with van der Waals surface area (Å²) >= 11 is 0. The molecule has 2 N–H and O–H groups in total. The van der Waals surface area contributed by atoms with Gasteiger partial charge in [-0.15, -0.1) is 0 Å². The highest BCUT2D eigenvalue weighted by molar-refractivity contribution is 5.79. The van der Waals surface area contributed by atoms with Gasteiger partial charge in [0.2, 0.25) is 0 Å². The van der Waals surface area contributed by atoms with Crippen LogP contribution in [0.3, 0.4) is 0 Å². The highest BCUT2D eigenvalue weighted by Gasteiger charge is 2.39. The molecule has 0 saturated heterocycles. The van der Waals surface area contributed by atoms with Crippen LogP contribution < -0.4 is 5.32 Å². The summed E-state index contributed by atoms with van der Waals surface area (Å²) in [5.41, 5.74) is -0.597. The number of carboxylic acids is 1. The third kappa shape index (κ3) is 2.21. The van der Waals surface area contributed by atoms with Crippen molar-refractivity contribution in [2.45, 2.75) is 45.1 Å². The lowest BCUT2D eigenvalue weighted by atomic mass is 9.99. The fourth-order valence-electron chi connectivity index (χ4n) is 1.55. The Hall–Kier alpha value is -0.570. The topological polar surface area (TPSA) is 49.3 Å². The molecule has 0 spiro atoms. The lowest BCUT2D eigenvalue weighted by Crippen LogP contribution is -2.47. The van der Waals surface area contributed by atoms with Crippen LogP contribution in [0.15, 0.2) is 0 Å². The third-order valence-corrected chi connectivity index (χ3v) is 2.35. The smallest absolute Gasteiger partial charge is 0.323 e. The molecule has 0 aromatic rings. The average Bonchev–Trinajstić information content (AvgIpc) is 2.57. The van der Waals surface area contributed by atoms with E-state index in [2.05, 4.69) is 5.32 Å². The molecule has 1 rings (SSSR count). The molecule has 0 bridgehead atoms. The first-order valence-electron chi connectivity index (χ1n) is 4.63. The van der Waals surface area contributed by atoms with Gasteiger partial charge >= 0.3 is 5.97 Å². The van der Waals surface area contributed by atoms with E-state index in [0.717, 1.165) is 25.7 Å². The molecule has 0 aliphatic heterocycles. The van der Waals surface area contributed by atoms with Gasteiger partial charge in [0.05, 0.1) is 0 Å². The monoisotopic (exact) mass is 173 g/mol. The number of hydrogen-bond acceptors (Lipinski definition) is 2. The van der Waals surface area contributed by atoms with Gasteiger partial charge in [-0.25, -0.2) is 0 Å². The average molecular weight is 173 g/mol. The molecule has 12 heavy (non-hydrogen) atoms. The van der Waals surface area contributed by atoms with Gasteiger partial charge in [0.25, 0.3) is 0 Å². The van der Waals surface area contributed by atoms with E-state index in [4.69, 9.17) is 5.11 Å². The lowest BCUT2D eigenvalue weighted by Gasteiger charge is -2.22. The van der Waals surface area contributed by atoms with E-state index in [-0.39, 0.29) is 0 Å². The molecule has 1 aliphatic rings. The van der Waals surface area contributed by atoms with Gasteiger partial charge in [-0.3, -0.25) is 4.79 Å². The predicted molar refractivity (Wildman–Crippen MR) is 49.2 cm³/mol. The zero-order valence-corrected chi connectivity index (χ0v) is 8.18. The normalized spacial score (nSPS) is 19.6. The number of aliphatic carboxylic acids is 1. The quantitative estimate of drug-likeness (QED) is 0.667.